The molecule has 1 saturated heterocycles. The molecule has 1 aliphatic rings. The fourth-order valence-corrected chi connectivity index (χ4v) is 3.85. The summed E-state index contributed by atoms with van der Waals surface area (Å²) in [5.41, 5.74) is 1.32. The van der Waals surface area contributed by atoms with Crippen LogP contribution in [0.15, 0.2) is 0 Å². The second kappa shape index (κ2) is 6.23. The van der Waals surface area contributed by atoms with Crippen LogP contribution in [0.25, 0.3) is 0 Å². The van der Waals surface area contributed by atoms with Crippen LogP contribution in [0.5, 0.6) is 0 Å². The monoisotopic (exact) mass is 310 g/mol. The first-order valence-electron chi connectivity index (χ1n) is 7.80. The first-order valence-corrected chi connectivity index (χ1v) is 8.61. The molecule has 0 aliphatic carbocycles. The van der Waals surface area contributed by atoms with Crippen LogP contribution in [-0.4, -0.2) is 48.6 Å². The van der Waals surface area contributed by atoms with E-state index in [4.69, 9.17) is 4.98 Å². The fourth-order valence-electron chi connectivity index (χ4n) is 2.84. The minimum atomic E-state index is 0.148. The van der Waals surface area contributed by atoms with Crippen LogP contribution >= 0.6 is 11.3 Å². The highest BCUT2D eigenvalue weighted by Crippen LogP contribution is 2.31. The molecule has 0 radical (unpaired) electrons. The first kappa shape index (κ1) is 16.7. The zero-order chi connectivity index (χ0) is 15.8. The van der Waals surface area contributed by atoms with Gasteiger partial charge in [0.25, 0.3) is 0 Å². The van der Waals surface area contributed by atoms with Crippen LogP contribution in [0.2, 0.25) is 0 Å². The number of likely N-dealkylation sites (N-methyl/N-ethyl adjacent to an activating group) is 1. The number of hydrogen-bond donors (Lipinski definition) is 1. The Bertz CT molecular complexity index is 475. The molecular formula is C16H30N4S. The molecule has 0 saturated carbocycles. The van der Waals surface area contributed by atoms with Crippen LogP contribution in [0.4, 0.5) is 5.13 Å². The SMILES string of the molecule is Cc1nc(N2CC(C)C(N(C)C)C2)sc1CNC(C)(C)C. The van der Waals surface area contributed by atoms with Gasteiger partial charge in [0.05, 0.1) is 5.69 Å². The van der Waals surface area contributed by atoms with E-state index in [-0.39, 0.29) is 5.54 Å². The van der Waals surface area contributed by atoms with E-state index in [2.05, 4.69) is 63.8 Å². The molecule has 0 spiro atoms. The van der Waals surface area contributed by atoms with E-state index in [0.29, 0.717) is 12.0 Å². The van der Waals surface area contributed by atoms with E-state index in [1.807, 2.05) is 11.3 Å². The van der Waals surface area contributed by atoms with Gasteiger partial charge in [0.1, 0.15) is 0 Å². The van der Waals surface area contributed by atoms with Gasteiger partial charge in [-0.25, -0.2) is 4.98 Å². The van der Waals surface area contributed by atoms with Crippen molar-refractivity contribution in [1.82, 2.24) is 15.2 Å². The molecule has 2 unspecified atom stereocenters. The normalized spacial score (nSPS) is 23.3. The highest BCUT2D eigenvalue weighted by molar-refractivity contribution is 7.15. The fraction of sp³-hybridized carbons (Fsp3) is 0.812. The Kier molecular flexibility index (Phi) is 4.96. The van der Waals surface area contributed by atoms with Crippen LogP contribution in [0, 0.1) is 12.8 Å². The van der Waals surface area contributed by atoms with E-state index < -0.39 is 0 Å². The number of thiazole rings is 1. The number of aryl methyl sites for hydroxylation is 1. The van der Waals surface area contributed by atoms with Crippen LogP contribution in [0.3, 0.4) is 0 Å². The number of aromatic nitrogens is 1. The van der Waals surface area contributed by atoms with Gasteiger partial charge in [-0.2, -0.15) is 0 Å². The Morgan fingerprint density at radius 3 is 2.52 bits per heavy atom. The lowest BCUT2D eigenvalue weighted by Gasteiger charge is -2.22. The second-order valence-corrected chi connectivity index (χ2v) is 8.58. The molecule has 1 aliphatic heterocycles. The Morgan fingerprint density at radius 1 is 1.33 bits per heavy atom. The van der Waals surface area contributed by atoms with Gasteiger partial charge >= 0.3 is 0 Å². The summed E-state index contributed by atoms with van der Waals surface area (Å²) in [4.78, 5) is 11.0. The van der Waals surface area contributed by atoms with Crippen LogP contribution in [0.1, 0.15) is 38.3 Å². The molecule has 0 amide bonds. The molecular weight excluding hydrogens is 280 g/mol. The quantitative estimate of drug-likeness (QED) is 0.926. The lowest BCUT2D eigenvalue weighted by molar-refractivity contribution is 0.266. The van der Waals surface area contributed by atoms with Crippen molar-refractivity contribution in [3.05, 3.63) is 10.6 Å². The summed E-state index contributed by atoms with van der Waals surface area (Å²) >= 11 is 1.85. The van der Waals surface area contributed by atoms with E-state index in [9.17, 15) is 0 Å². The largest absolute Gasteiger partial charge is 0.346 e. The van der Waals surface area contributed by atoms with Crippen molar-refractivity contribution in [1.29, 1.82) is 0 Å². The van der Waals surface area contributed by atoms with Crippen LogP contribution < -0.4 is 10.2 Å². The smallest absolute Gasteiger partial charge is 0.185 e. The van der Waals surface area contributed by atoms with E-state index in [1.165, 1.54) is 15.7 Å². The summed E-state index contributed by atoms with van der Waals surface area (Å²) in [6.07, 6.45) is 0. The van der Waals surface area contributed by atoms with Gasteiger partial charge in [0, 0.05) is 36.1 Å². The molecule has 21 heavy (non-hydrogen) atoms. The maximum atomic E-state index is 4.81. The summed E-state index contributed by atoms with van der Waals surface area (Å²) in [6.45, 7) is 14.2. The number of anilines is 1. The third kappa shape index (κ3) is 4.18. The summed E-state index contributed by atoms with van der Waals surface area (Å²) in [5, 5.41) is 4.75. The van der Waals surface area contributed by atoms with E-state index >= 15 is 0 Å². The molecule has 5 heteroatoms. The molecule has 4 nitrogen and oxygen atoms in total. The summed E-state index contributed by atoms with van der Waals surface area (Å²) in [7, 11) is 4.35. The Morgan fingerprint density at radius 2 is 2.00 bits per heavy atom. The zero-order valence-electron chi connectivity index (χ0n) is 14.5. The van der Waals surface area contributed by atoms with E-state index in [1.54, 1.807) is 0 Å². The number of nitrogens with one attached hydrogen (secondary N) is 1. The van der Waals surface area contributed by atoms with Crippen molar-refractivity contribution in [3.63, 3.8) is 0 Å². The molecule has 0 bridgehead atoms. The Labute approximate surface area is 133 Å². The van der Waals surface area contributed by atoms with Crippen LogP contribution in [-0.2, 0) is 6.54 Å². The van der Waals surface area contributed by atoms with Gasteiger partial charge < -0.3 is 15.1 Å². The van der Waals surface area contributed by atoms with Gasteiger partial charge in [-0.3, -0.25) is 0 Å². The number of nitrogens with zero attached hydrogens (tertiary/aromatic N) is 3. The van der Waals surface area contributed by atoms with Crippen molar-refractivity contribution in [3.8, 4) is 0 Å². The average Bonchev–Trinajstić information content (AvgIpc) is 2.89. The molecule has 2 rings (SSSR count). The molecule has 1 N–H and O–H groups in total. The molecule has 1 aromatic rings. The molecule has 2 atom stereocenters. The van der Waals surface area contributed by atoms with Gasteiger partial charge in [-0.05, 0) is 47.7 Å². The van der Waals surface area contributed by atoms with Crippen molar-refractivity contribution >= 4 is 16.5 Å². The van der Waals surface area contributed by atoms with Gasteiger partial charge in [0.2, 0.25) is 0 Å². The average molecular weight is 311 g/mol. The lowest BCUT2D eigenvalue weighted by atomic mass is 10.1. The predicted molar refractivity (Wildman–Crippen MR) is 92.3 cm³/mol. The Hall–Kier alpha value is -0.650. The predicted octanol–water partition coefficient (Wildman–Crippen LogP) is 2.73. The molecule has 2 heterocycles. The Balaban J connectivity index is 2.05. The lowest BCUT2D eigenvalue weighted by Crippen LogP contribution is -2.35. The van der Waals surface area contributed by atoms with E-state index in [0.717, 1.165) is 19.6 Å². The molecule has 1 fully saturated rings. The summed E-state index contributed by atoms with van der Waals surface area (Å²) in [5.74, 6) is 0.695. The highest BCUT2D eigenvalue weighted by atomic mass is 32.1. The van der Waals surface area contributed by atoms with Gasteiger partial charge in [-0.15, -0.1) is 11.3 Å². The third-order valence-corrected chi connectivity index (χ3v) is 5.39. The van der Waals surface area contributed by atoms with Crippen molar-refractivity contribution in [2.24, 2.45) is 5.92 Å². The molecule has 1 aromatic heterocycles. The standard InChI is InChI=1S/C16H30N4S/c1-11-9-20(10-13(11)19(6)7)15-18-12(2)14(21-15)8-17-16(3,4)5/h11,13,17H,8-10H2,1-7H3. The first-order chi connectivity index (χ1) is 9.67. The molecule has 0 aromatic carbocycles. The summed E-state index contributed by atoms with van der Waals surface area (Å²) in [6, 6.07) is 0.630. The highest BCUT2D eigenvalue weighted by Gasteiger charge is 2.32. The molecule has 120 valence electrons. The topological polar surface area (TPSA) is 31.4 Å². The van der Waals surface area contributed by atoms with Gasteiger partial charge in [-0.1, -0.05) is 6.92 Å². The van der Waals surface area contributed by atoms with Crippen molar-refractivity contribution in [2.75, 3.05) is 32.1 Å². The van der Waals surface area contributed by atoms with Gasteiger partial charge in [0.15, 0.2) is 5.13 Å². The maximum absolute atomic E-state index is 4.81. The minimum absolute atomic E-state index is 0.148. The second-order valence-electron chi connectivity index (χ2n) is 7.52. The number of rotatable bonds is 4. The third-order valence-electron chi connectivity index (χ3n) is 4.17. The zero-order valence-corrected chi connectivity index (χ0v) is 15.3. The van der Waals surface area contributed by atoms with Crippen molar-refractivity contribution in [2.45, 2.75) is 52.7 Å². The minimum Gasteiger partial charge on any atom is -0.346 e. The van der Waals surface area contributed by atoms with Crippen molar-refractivity contribution < 1.29 is 0 Å². The summed E-state index contributed by atoms with van der Waals surface area (Å²) < 4.78 is 0. The number of hydrogen-bond acceptors (Lipinski definition) is 5. The maximum Gasteiger partial charge on any atom is 0.185 e.